The van der Waals surface area contributed by atoms with Gasteiger partial charge in [0.15, 0.2) is 6.10 Å². The molecule has 4 heteroatoms. The van der Waals surface area contributed by atoms with Crippen LogP contribution in [0.4, 0.5) is 0 Å². The van der Waals surface area contributed by atoms with E-state index in [1.165, 1.54) is 0 Å². The summed E-state index contributed by atoms with van der Waals surface area (Å²) in [7, 11) is 0. The minimum atomic E-state index is -0.587. The second-order valence-electron chi connectivity index (χ2n) is 5.25. The molecule has 0 saturated heterocycles. The van der Waals surface area contributed by atoms with Gasteiger partial charge >= 0.3 is 0 Å². The minimum absolute atomic E-state index is 0.0464. The Balaban J connectivity index is 1.90. The zero-order chi connectivity index (χ0) is 15.7. The Morgan fingerprint density at radius 3 is 2.73 bits per heavy atom. The van der Waals surface area contributed by atoms with E-state index in [4.69, 9.17) is 16.3 Å². The van der Waals surface area contributed by atoms with Crippen molar-refractivity contribution in [2.45, 2.75) is 20.0 Å². The van der Waals surface area contributed by atoms with Crippen LogP contribution in [0.5, 0.6) is 5.75 Å². The normalized spacial score (nSPS) is 12.3. The molecule has 0 spiro atoms. The zero-order valence-corrected chi connectivity index (χ0v) is 13.1. The molecule has 1 atom stereocenters. The third kappa shape index (κ3) is 2.72. The molecule has 112 valence electrons. The number of ketones is 1. The van der Waals surface area contributed by atoms with Crippen molar-refractivity contribution in [1.29, 1.82) is 0 Å². The van der Waals surface area contributed by atoms with Gasteiger partial charge in [0.25, 0.3) is 0 Å². The van der Waals surface area contributed by atoms with Gasteiger partial charge in [-0.25, -0.2) is 0 Å². The number of H-pyrrole nitrogens is 1. The number of Topliss-reactive ketones (excluding diaryl/α,β-unsaturated/α-hetero) is 1. The van der Waals surface area contributed by atoms with Crippen molar-refractivity contribution in [3.05, 3.63) is 64.8 Å². The lowest BCUT2D eigenvalue weighted by molar-refractivity contribution is 0.0819. The highest BCUT2D eigenvalue weighted by Crippen LogP contribution is 2.25. The quantitative estimate of drug-likeness (QED) is 0.704. The molecule has 0 bridgehead atoms. The molecular formula is C18H16ClNO2. The Morgan fingerprint density at radius 2 is 1.95 bits per heavy atom. The SMILES string of the molecule is Cc1[nH]c2ccccc2c1C(=O)[C@H](C)Oc1cccc(Cl)c1. The maximum absolute atomic E-state index is 12.8. The van der Waals surface area contributed by atoms with Gasteiger partial charge < -0.3 is 9.72 Å². The molecule has 3 aromatic rings. The van der Waals surface area contributed by atoms with E-state index >= 15 is 0 Å². The largest absolute Gasteiger partial charge is 0.483 e. The van der Waals surface area contributed by atoms with Gasteiger partial charge in [0.2, 0.25) is 5.78 Å². The lowest BCUT2D eigenvalue weighted by Gasteiger charge is -2.14. The Bertz CT molecular complexity index is 838. The average molecular weight is 314 g/mol. The maximum Gasteiger partial charge on any atom is 0.205 e. The van der Waals surface area contributed by atoms with E-state index in [9.17, 15) is 4.79 Å². The maximum atomic E-state index is 12.8. The summed E-state index contributed by atoms with van der Waals surface area (Å²) in [6.45, 7) is 3.66. The van der Waals surface area contributed by atoms with E-state index in [1.54, 1.807) is 31.2 Å². The second-order valence-corrected chi connectivity index (χ2v) is 5.69. The fourth-order valence-electron chi connectivity index (χ4n) is 2.60. The molecule has 0 amide bonds. The van der Waals surface area contributed by atoms with E-state index in [0.29, 0.717) is 16.3 Å². The van der Waals surface area contributed by atoms with Crippen molar-refractivity contribution >= 4 is 28.3 Å². The number of ether oxygens (including phenoxy) is 1. The van der Waals surface area contributed by atoms with Crippen LogP contribution >= 0.6 is 11.6 Å². The number of aromatic amines is 1. The number of aromatic nitrogens is 1. The molecule has 0 unspecified atom stereocenters. The lowest BCUT2D eigenvalue weighted by atomic mass is 10.0. The number of para-hydroxylation sites is 1. The van der Waals surface area contributed by atoms with Crippen molar-refractivity contribution in [2.75, 3.05) is 0 Å². The highest BCUT2D eigenvalue weighted by atomic mass is 35.5. The van der Waals surface area contributed by atoms with E-state index in [1.807, 2.05) is 31.2 Å². The van der Waals surface area contributed by atoms with Crippen LogP contribution < -0.4 is 4.74 Å². The first kappa shape index (κ1) is 14.7. The number of halogens is 1. The van der Waals surface area contributed by atoms with E-state index in [2.05, 4.69) is 4.98 Å². The van der Waals surface area contributed by atoms with Crippen LogP contribution in [0.1, 0.15) is 23.0 Å². The number of rotatable bonds is 4. The highest BCUT2D eigenvalue weighted by molar-refractivity contribution is 6.30. The summed E-state index contributed by atoms with van der Waals surface area (Å²) in [5, 5.41) is 1.51. The summed E-state index contributed by atoms with van der Waals surface area (Å²) in [6, 6.07) is 14.8. The first-order valence-electron chi connectivity index (χ1n) is 7.10. The number of hydrogen-bond donors (Lipinski definition) is 1. The van der Waals surface area contributed by atoms with Crippen LogP contribution in [-0.2, 0) is 0 Å². The Hall–Kier alpha value is -2.26. The Kier molecular flexibility index (Phi) is 3.90. The summed E-state index contributed by atoms with van der Waals surface area (Å²) >= 11 is 5.94. The summed E-state index contributed by atoms with van der Waals surface area (Å²) in [5.74, 6) is 0.542. The molecule has 0 aliphatic heterocycles. The predicted octanol–water partition coefficient (Wildman–Crippen LogP) is 4.78. The summed E-state index contributed by atoms with van der Waals surface area (Å²) in [5.41, 5.74) is 2.50. The van der Waals surface area contributed by atoms with Crippen molar-refractivity contribution in [3.63, 3.8) is 0 Å². The van der Waals surface area contributed by atoms with Crippen molar-refractivity contribution in [2.24, 2.45) is 0 Å². The molecule has 1 N–H and O–H groups in total. The summed E-state index contributed by atoms with van der Waals surface area (Å²) in [4.78, 5) is 16.0. The molecule has 0 fully saturated rings. The van der Waals surface area contributed by atoms with Crippen LogP contribution in [0.2, 0.25) is 5.02 Å². The van der Waals surface area contributed by atoms with Crippen molar-refractivity contribution < 1.29 is 9.53 Å². The van der Waals surface area contributed by atoms with Gasteiger partial charge in [-0.3, -0.25) is 4.79 Å². The molecule has 2 aromatic carbocycles. The van der Waals surface area contributed by atoms with Gasteiger partial charge in [0.1, 0.15) is 5.75 Å². The van der Waals surface area contributed by atoms with Gasteiger partial charge in [-0.2, -0.15) is 0 Å². The van der Waals surface area contributed by atoms with Gasteiger partial charge in [0, 0.05) is 27.2 Å². The fraction of sp³-hybridized carbons (Fsp3) is 0.167. The molecule has 0 saturated carbocycles. The van der Waals surface area contributed by atoms with Gasteiger partial charge in [-0.05, 0) is 38.1 Å². The molecule has 3 nitrogen and oxygen atoms in total. The summed E-state index contributed by atoms with van der Waals surface area (Å²) < 4.78 is 5.74. The number of carbonyl (C=O) groups is 1. The molecular weight excluding hydrogens is 298 g/mol. The van der Waals surface area contributed by atoms with Crippen LogP contribution in [0.25, 0.3) is 10.9 Å². The zero-order valence-electron chi connectivity index (χ0n) is 12.4. The third-order valence-electron chi connectivity index (χ3n) is 3.62. The summed E-state index contributed by atoms with van der Waals surface area (Å²) in [6.07, 6.45) is -0.587. The van der Waals surface area contributed by atoms with E-state index < -0.39 is 6.10 Å². The second kappa shape index (κ2) is 5.85. The van der Waals surface area contributed by atoms with Crippen LogP contribution in [0, 0.1) is 6.92 Å². The number of aryl methyl sites for hydroxylation is 1. The van der Waals surface area contributed by atoms with E-state index in [0.717, 1.165) is 16.6 Å². The van der Waals surface area contributed by atoms with Gasteiger partial charge in [0.05, 0.1) is 0 Å². The molecule has 1 aromatic heterocycles. The van der Waals surface area contributed by atoms with Gasteiger partial charge in [-0.1, -0.05) is 35.9 Å². The third-order valence-corrected chi connectivity index (χ3v) is 3.85. The van der Waals surface area contributed by atoms with Crippen molar-refractivity contribution in [1.82, 2.24) is 4.98 Å². The number of fused-ring (bicyclic) bond motifs is 1. The molecule has 0 radical (unpaired) electrons. The standard InChI is InChI=1S/C18H16ClNO2/c1-11-17(15-8-3-4-9-16(15)20-11)18(21)12(2)22-14-7-5-6-13(19)10-14/h3-10,12,20H,1-2H3/t12-/m0/s1. The van der Waals surface area contributed by atoms with E-state index in [-0.39, 0.29) is 5.78 Å². The molecule has 22 heavy (non-hydrogen) atoms. The Morgan fingerprint density at radius 1 is 1.18 bits per heavy atom. The molecule has 0 aliphatic carbocycles. The molecule has 1 heterocycles. The smallest absolute Gasteiger partial charge is 0.205 e. The molecule has 0 aliphatic rings. The minimum Gasteiger partial charge on any atom is -0.483 e. The van der Waals surface area contributed by atoms with Crippen molar-refractivity contribution in [3.8, 4) is 5.75 Å². The van der Waals surface area contributed by atoms with Crippen LogP contribution in [0.15, 0.2) is 48.5 Å². The number of hydrogen-bond acceptors (Lipinski definition) is 2. The monoisotopic (exact) mass is 313 g/mol. The van der Waals surface area contributed by atoms with Crippen LogP contribution in [-0.4, -0.2) is 16.9 Å². The molecule has 3 rings (SSSR count). The topological polar surface area (TPSA) is 42.1 Å². The van der Waals surface area contributed by atoms with Gasteiger partial charge in [-0.15, -0.1) is 0 Å². The number of carbonyl (C=O) groups excluding carboxylic acids is 1. The average Bonchev–Trinajstić information content (AvgIpc) is 2.82. The fourth-order valence-corrected chi connectivity index (χ4v) is 2.78. The first-order chi connectivity index (χ1) is 10.6. The Labute approximate surface area is 133 Å². The first-order valence-corrected chi connectivity index (χ1v) is 7.48. The number of benzene rings is 2. The van der Waals surface area contributed by atoms with Crippen LogP contribution in [0.3, 0.4) is 0 Å². The highest BCUT2D eigenvalue weighted by Gasteiger charge is 2.22. The predicted molar refractivity (Wildman–Crippen MR) is 88.9 cm³/mol. The number of nitrogens with one attached hydrogen (secondary N) is 1. The lowest BCUT2D eigenvalue weighted by Crippen LogP contribution is -2.24.